The third kappa shape index (κ3) is 3.07. The molecule has 0 radical (unpaired) electrons. The molecule has 0 saturated carbocycles. The Morgan fingerprint density at radius 3 is 2.47 bits per heavy atom. The quantitative estimate of drug-likeness (QED) is 0.745. The van der Waals surface area contributed by atoms with Crippen LogP contribution in [0, 0.1) is 11.8 Å². The van der Waals surface area contributed by atoms with Gasteiger partial charge in [0.25, 0.3) is 0 Å². The molecule has 2 aromatic rings. The van der Waals surface area contributed by atoms with Gasteiger partial charge in [0.15, 0.2) is 0 Å². The molecule has 2 heterocycles. The summed E-state index contributed by atoms with van der Waals surface area (Å²) in [4.78, 5) is 3.87. The van der Waals surface area contributed by atoms with Crippen molar-refractivity contribution in [3.05, 3.63) is 58.3 Å². The van der Waals surface area contributed by atoms with Crippen LogP contribution in [0.5, 0.6) is 0 Å². The number of rotatable bonds is 2. The van der Waals surface area contributed by atoms with Crippen LogP contribution in [-0.4, -0.2) is 18.0 Å². The van der Waals surface area contributed by atoms with E-state index in [0.717, 1.165) is 5.56 Å². The highest BCUT2D eigenvalue weighted by Crippen LogP contribution is 2.27. The average molecular weight is 267 g/mol. The van der Waals surface area contributed by atoms with E-state index in [4.69, 9.17) is 0 Å². The van der Waals surface area contributed by atoms with E-state index >= 15 is 0 Å². The fourth-order valence-electron chi connectivity index (χ4n) is 2.46. The van der Waals surface area contributed by atoms with Gasteiger partial charge in [0.2, 0.25) is 0 Å². The lowest BCUT2D eigenvalue weighted by Crippen LogP contribution is -2.23. The SMILES string of the molecule is C(#CC(c1cccs1)N1CCCC1)c1ccccc1. The maximum Gasteiger partial charge on any atom is 0.107 e. The normalized spacial score (nSPS) is 16.8. The van der Waals surface area contributed by atoms with E-state index < -0.39 is 0 Å². The summed E-state index contributed by atoms with van der Waals surface area (Å²) in [6, 6.07) is 14.8. The average Bonchev–Trinajstić information content (AvgIpc) is 3.13. The van der Waals surface area contributed by atoms with Crippen molar-refractivity contribution >= 4 is 11.3 Å². The Bertz CT molecular complexity index is 556. The molecule has 96 valence electrons. The molecule has 2 heteroatoms. The standard InChI is InChI=1S/C17H17NS/c1-2-7-15(8-3-1)10-11-16(17-9-6-14-19-17)18-12-4-5-13-18/h1-3,6-9,14,16H,4-5,12-13H2. The van der Waals surface area contributed by atoms with Gasteiger partial charge in [0.05, 0.1) is 0 Å². The third-order valence-electron chi connectivity index (χ3n) is 3.45. The predicted molar refractivity (Wildman–Crippen MR) is 81.2 cm³/mol. The van der Waals surface area contributed by atoms with Crippen LogP contribution in [-0.2, 0) is 0 Å². The van der Waals surface area contributed by atoms with Gasteiger partial charge >= 0.3 is 0 Å². The van der Waals surface area contributed by atoms with Gasteiger partial charge in [0, 0.05) is 10.4 Å². The molecule has 1 aliphatic heterocycles. The Morgan fingerprint density at radius 2 is 1.79 bits per heavy atom. The van der Waals surface area contributed by atoms with Gasteiger partial charge in [-0.2, -0.15) is 0 Å². The molecule has 1 atom stereocenters. The Labute approximate surface area is 118 Å². The maximum absolute atomic E-state index is 3.47. The van der Waals surface area contributed by atoms with Crippen LogP contribution < -0.4 is 0 Å². The highest BCUT2D eigenvalue weighted by atomic mass is 32.1. The second kappa shape index (κ2) is 6.06. The molecule has 0 aliphatic carbocycles. The Morgan fingerprint density at radius 1 is 1.00 bits per heavy atom. The molecule has 1 unspecified atom stereocenters. The highest BCUT2D eigenvalue weighted by molar-refractivity contribution is 7.10. The van der Waals surface area contributed by atoms with Crippen LogP contribution in [0.3, 0.4) is 0 Å². The summed E-state index contributed by atoms with van der Waals surface area (Å²) in [6.07, 6.45) is 2.60. The van der Waals surface area contributed by atoms with Crippen molar-refractivity contribution in [3.63, 3.8) is 0 Å². The fraction of sp³-hybridized carbons (Fsp3) is 0.294. The summed E-state index contributed by atoms with van der Waals surface area (Å²) < 4.78 is 0. The molecule has 1 nitrogen and oxygen atoms in total. The van der Waals surface area contributed by atoms with E-state index in [0.29, 0.717) is 0 Å². The summed E-state index contributed by atoms with van der Waals surface area (Å²) in [6.45, 7) is 2.35. The van der Waals surface area contributed by atoms with E-state index in [-0.39, 0.29) is 6.04 Å². The number of hydrogen-bond donors (Lipinski definition) is 0. The van der Waals surface area contributed by atoms with E-state index in [9.17, 15) is 0 Å². The first-order chi connectivity index (χ1) is 9.43. The smallest absolute Gasteiger partial charge is 0.107 e. The molecule has 0 spiro atoms. The molecule has 1 fully saturated rings. The number of likely N-dealkylation sites (tertiary alicyclic amines) is 1. The van der Waals surface area contributed by atoms with Crippen LogP contribution in [0.15, 0.2) is 47.8 Å². The van der Waals surface area contributed by atoms with Gasteiger partial charge in [-0.3, -0.25) is 4.90 Å². The fourth-order valence-corrected chi connectivity index (χ4v) is 3.27. The van der Waals surface area contributed by atoms with Crippen molar-refractivity contribution in [2.45, 2.75) is 18.9 Å². The number of hydrogen-bond acceptors (Lipinski definition) is 2. The van der Waals surface area contributed by atoms with Crippen LogP contribution in [0.1, 0.15) is 29.3 Å². The van der Waals surface area contributed by atoms with Crippen molar-refractivity contribution < 1.29 is 0 Å². The molecule has 1 aromatic carbocycles. The van der Waals surface area contributed by atoms with Crippen molar-refractivity contribution in [1.29, 1.82) is 0 Å². The van der Waals surface area contributed by atoms with Gasteiger partial charge in [-0.05, 0) is 49.5 Å². The van der Waals surface area contributed by atoms with E-state index in [1.54, 1.807) is 0 Å². The number of thiophene rings is 1. The summed E-state index contributed by atoms with van der Waals surface area (Å²) in [5.74, 6) is 6.79. The molecule has 3 rings (SSSR count). The predicted octanol–water partition coefficient (Wildman–Crippen LogP) is 3.94. The zero-order chi connectivity index (χ0) is 12.9. The van der Waals surface area contributed by atoms with Gasteiger partial charge in [-0.25, -0.2) is 0 Å². The van der Waals surface area contributed by atoms with Crippen molar-refractivity contribution in [1.82, 2.24) is 4.90 Å². The van der Waals surface area contributed by atoms with Crippen LogP contribution >= 0.6 is 11.3 Å². The Balaban J connectivity index is 1.86. The van der Waals surface area contributed by atoms with Crippen LogP contribution in [0.25, 0.3) is 0 Å². The van der Waals surface area contributed by atoms with Gasteiger partial charge < -0.3 is 0 Å². The molecule has 1 aliphatic rings. The number of nitrogens with zero attached hydrogens (tertiary/aromatic N) is 1. The first kappa shape index (κ1) is 12.5. The summed E-state index contributed by atoms with van der Waals surface area (Å²) >= 11 is 1.81. The maximum atomic E-state index is 3.47. The van der Waals surface area contributed by atoms with Crippen molar-refractivity contribution in [2.75, 3.05) is 13.1 Å². The minimum absolute atomic E-state index is 0.266. The zero-order valence-corrected chi connectivity index (χ0v) is 11.7. The molecule has 0 N–H and O–H groups in total. The lowest BCUT2D eigenvalue weighted by atomic mass is 10.1. The molecular weight excluding hydrogens is 250 g/mol. The minimum atomic E-state index is 0.266. The van der Waals surface area contributed by atoms with Crippen LogP contribution in [0.4, 0.5) is 0 Å². The zero-order valence-electron chi connectivity index (χ0n) is 10.9. The largest absolute Gasteiger partial charge is 0.285 e. The lowest BCUT2D eigenvalue weighted by Gasteiger charge is -2.21. The van der Waals surface area contributed by atoms with Crippen molar-refractivity contribution in [3.8, 4) is 11.8 Å². The summed E-state index contributed by atoms with van der Waals surface area (Å²) in [5, 5.41) is 2.14. The molecule has 1 saturated heterocycles. The van der Waals surface area contributed by atoms with E-state index in [1.807, 2.05) is 29.5 Å². The topological polar surface area (TPSA) is 3.24 Å². The summed E-state index contributed by atoms with van der Waals surface area (Å²) in [7, 11) is 0. The first-order valence-corrected chi connectivity index (χ1v) is 7.65. The first-order valence-electron chi connectivity index (χ1n) is 6.77. The minimum Gasteiger partial charge on any atom is -0.285 e. The monoisotopic (exact) mass is 267 g/mol. The lowest BCUT2D eigenvalue weighted by molar-refractivity contribution is 0.300. The van der Waals surface area contributed by atoms with E-state index in [1.165, 1.54) is 30.8 Å². The van der Waals surface area contributed by atoms with Crippen LogP contribution in [0.2, 0.25) is 0 Å². The second-order valence-corrected chi connectivity index (χ2v) is 5.78. The Kier molecular flexibility index (Phi) is 3.98. The van der Waals surface area contributed by atoms with E-state index in [2.05, 4.69) is 46.4 Å². The molecule has 19 heavy (non-hydrogen) atoms. The molecule has 1 aromatic heterocycles. The van der Waals surface area contributed by atoms with Gasteiger partial charge in [-0.1, -0.05) is 36.1 Å². The second-order valence-electron chi connectivity index (χ2n) is 4.80. The third-order valence-corrected chi connectivity index (χ3v) is 4.37. The van der Waals surface area contributed by atoms with Crippen molar-refractivity contribution in [2.24, 2.45) is 0 Å². The Hall–Kier alpha value is -1.56. The summed E-state index contributed by atoms with van der Waals surface area (Å²) in [5.41, 5.74) is 1.10. The molecule has 0 bridgehead atoms. The van der Waals surface area contributed by atoms with Gasteiger partial charge in [-0.15, -0.1) is 11.3 Å². The highest BCUT2D eigenvalue weighted by Gasteiger charge is 2.22. The van der Waals surface area contributed by atoms with Gasteiger partial charge in [0.1, 0.15) is 6.04 Å². The molecular formula is C17H17NS. The molecule has 0 amide bonds. The number of benzene rings is 1.